The Hall–Kier alpha value is -3.66. The van der Waals surface area contributed by atoms with Crippen LogP contribution in [0.5, 0.6) is 5.75 Å². The first-order valence-corrected chi connectivity index (χ1v) is 9.43. The molecule has 1 atom stereocenters. The van der Waals surface area contributed by atoms with Crippen LogP contribution >= 0.6 is 0 Å². The molecule has 4 aromatic rings. The molecule has 4 rings (SSSR count). The molecule has 1 heterocycles. The van der Waals surface area contributed by atoms with E-state index in [4.69, 9.17) is 9.15 Å². The Bertz CT molecular complexity index is 1220. The van der Waals surface area contributed by atoms with Gasteiger partial charge in [0.15, 0.2) is 11.9 Å². The molecule has 0 bridgehead atoms. The van der Waals surface area contributed by atoms with Crippen molar-refractivity contribution in [2.75, 3.05) is 0 Å². The summed E-state index contributed by atoms with van der Waals surface area (Å²) in [5.41, 5.74) is 2.51. The van der Waals surface area contributed by atoms with Crippen molar-refractivity contribution in [1.82, 2.24) is 0 Å². The van der Waals surface area contributed by atoms with E-state index < -0.39 is 6.10 Å². The van der Waals surface area contributed by atoms with Gasteiger partial charge in [-0.3, -0.25) is 9.59 Å². The molecule has 0 aliphatic heterocycles. The molecule has 0 N–H and O–H groups in total. The lowest BCUT2D eigenvalue weighted by molar-refractivity contribution is 0.0815. The van der Waals surface area contributed by atoms with Gasteiger partial charge in [-0.1, -0.05) is 72.3 Å². The first-order valence-electron chi connectivity index (χ1n) is 9.43. The summed E-state index contributed by atoms with van der Waals surface area (Å²) in [7, 11) is 0. The largest absolute Gasteiger partial charge is 0.475 e. The fraction of sp³-hybridized carbons (Fsp3) is 0.120. The van der Waals surface area contributed by atoms with E-state index in [2.05, 4.69) is 0 Å². The lowest BCUT2D eigenvalue weighted by Crippen LogP contribution is -2.26. The Kier molecular flexibility index (Phi) is 5.00. The first kappa shape index (κ1) is 18.7. The molecule has 1 aromatic heterocycles. The van der Waals surface area contributed by atoms with E-state index in [0.29, 0.717) is 27.9 Å². The van der Waals surface area contributed by atoms with Crippen LogP contribution in [0.3, 0.4) is 0 Å². The maximum Gasteiger partial charge on any atom is 0.235 e. The maximum atomic E-state index is 13.2. The minimum absolute atomic E-state index is 0.0457. The van der Waals surface area contributed by atoms with E-state index in [1.54, 1.807) is 49.4 Å². The summed E-state index contributed by atoms with van der Waals surface area (Å²) in [5.74, 6) is 0.166. The monoisotopic (exact) mass is 384 g/mol. The van der Waals surface area contributed by atoms with Gasteiger partial charge in [0, 0.05) is 11.1 Å². The third kappa shape index (κ3) is 3.69. The van der Waals surface area contributed by atoms with E-state index in [1.165, 1.54) is 0 Å². The molecular weight excluding hydrogens is 364 g/mol. The smallest absolute Gasteiger partial charge is 0.235 e. The quantitative estimate of drug-likeness (QED) is 0.431. The molecule has 0 saturated heterocycles. The molecule has 0 spiro atoms. The third-order valence-corrected chi connectivity index (χ3v) is 4.79. The average Bonchev–Trinajstić information content (AvgIpc) is 2.76. The van der Waals surface area contributed by atoms with Gasteiger partial charge in [-0.2, -0.15) is 0 Å². The van der Waals surface area contributed by atoms with E-state index in [9.17, 15) is 9.59 Å². The Morgan fingerprint density at radius 1 is 0.897 bits per heavy atom. The summed E-state index contributed by atoms with van der Waals surface area (Å²) in [6.07, 6.45) is -0.842. The number of rotatable bonds is 5. The zero-order valence-electron chi connectivity index (χ0n) is 16.2. The van der Waals surface area contributed by atoms with Crippen LogP contribution in [0.1, 0.15) is 22.8 Å². The van der Waals surface area contributed by atoms with Gasteiger partial charge in [0.2, 0.25) is 17.0 Å². The van der Waals surface area contributed by atoms with Crippen molar-refractivity contribution in [3.05, 3.63) is 100 Å². The number of benzene rings is 3. The molecule has 4 heteroatoms. The number of carbonyl (C=O) groups excluding carboxylic acids is 1. The second-order valence-electron chi connectivity index (χ2n) is 6.94. The Morgan fingerprint density at radius 2 is 1.55 bits per heavy atom. The lowest BCUT2D eigenvalue weighted by atomic mass is 10.1. The second-order valence-corrected chi connectivity index (χ2v) is 6.94. The van der Waals surface area contributed by atoms with Gasteiger partial charge in [-0.25, -0.2) is 0 Å². The van der Waals surface area contributed by atoms with Crippen molar-refractivity contribution in [3.63, 3.8) is 0 Å². The van der Waals surface area contributed by atoms with Gasteiger partial charge < -0.3 is 9.15 Å². The number of ether oxygens (including phenoxy) is 1. The van der Waals surface area contributed by atoms with Gasteiger partial charge >= 0.3 is 0 Å². The second kappa shape index (κ2) is 7.76. The summed E-state index contributed by atoms with van der Waals surface area (Å²) in [6.45, 7) is 3.63. The summed E-state index contributed by atoms with van der Waals surface area (Å²) < 4.78 is 12.0. The minimum atomic E-state index is -0.842. The topological polar surface area (TPSA) is 56.5 Å². The summed E-state index contributed by atoms with van der Waals surface area (Å²) in [5, 5.41) is 0.415. The Labute approximate surface area is 168 Å². The fourth-order valence-corrected chi connectivity index (χ4v) is 3.19. The van der Waals surface area contributed by atoms with Crippen LogP contribution in [0.25, 0.3) is 22.3 Å². The van der Waals surface area contributed by atoms with E-state index >= 15 is 0 Å². The van der Waals surface area contributed by atoms with Crippen LogP contribution < -0.4 is 10.2 Å². The zero-order valence-corrected chi connectivity index (χ0v) is 16.2. The molecule has 29 heavy (non-hydrogen) atoms. The highest BCUT2D eigenvalue weighted by Crippen LogP contribution is 2.31. The highest BCUT2D eigenvalue weighted by atomic mass is 16.5. The van der Waals surface area contributed by atoms with Crippen molar-refractivity contribution in [3.8, 4) is 17.1 Å². The van der Waals surface area contributed by atoms with Crippen molar-refractivity contribution >= 4 is 16.8 Å². The SMILES string of the molecule is Cc1ccc(-c2oc3ccccc3c(=O)c2O[C@@H](C)C(=O)c2ccccc2)cc1. The molecule has 0 saturated carbocycles. The molecule has 0 aliphatic carbocycles. The number of Topliss-reactive ketones (excluding diaryl/α,β-unsaturated/α-hetero) is 1. The van der Waals surface area contributed by atoms with Crippen molar-refractivity contribution in [2.24, 2.45) is 0 Å². The van der Waals surface area contributed by atoms with E-state index in [-0.39, 0.29) is 17.0 Å². The molecule has 0 amide bonds. The van der Waals surface area contributed by atoms with E-state index in [0.717, 1.165) is 5.56 Å². The van der Waals surface area contributed by atoms with Crippen LogP contribution in [-0.4, -0.2) is 11.9 Å². The minimum Gasteiger partial charge on any atom is -0.475 e. The van der Waals surface area contributed by atoms with Gasteiger partial charge in [-0.05, 0) is 26.0 Å². The van der Waals surface area contributed by atoms with Crippen LogP contribution in [0.15, 0.2) is 88.1 Å². The molecular formula is C25H20O4. The van der Waals surface area contributed by atoms with Gasteiger partial charge in [0.25, 0.3) is 0 Å². The predicted molar refractivity (Wildman–Crippen MR) is 114 cm³/mol. The maximum absolute atomic E-state index is 13.2. The van der Waals surface area contributed by atoms with Crippen LogP contribution in [0.4, 0.5) is 0 Å². The summed E-state index contributed by atoms with van der Waals surface area (Å²) >= 11 is 0. The fourth-order valence-electron chi connectivity index (χ4n) is 3.19. The molecule has 0 unspecified atom stereocenters. The Balaban J connectivity index is 1.82. The van der Waals surface area contributed by atoms with Crippen LogP contribution in [-0.2, 0) is 0 Å². The molecule has 3 aromatic carbocycles. The zero-order chi connectivity index (χ0) is 20.4. The standard InChI is InChI=1S/C25H20O4/c1-16-12-14-19(15-13-16)24-25(23(27)20-10-6-7-11-21(20)29-24)28-17(2)22(26)18-8-4-3-5-9-18/h3-15,17H,1-2H3/t17-/m0/s1. The molecule has 0 fully saturated rings. The number of ketones is 1. The highest BCUT2D eigenvalue weighted by Gasteiger charge is 2.23. The van der Waals surface area contributed by atoms with Crippen LogP contribution in [0.2, 0.25) is 0 Å². The van der Waals surface area contributed by atoms with E-state index in [1.807, 2.05) is 43.3 Å². The Morgan fingerprint density at radius 3 is 2.28 bits per heavy atom. The highest BCUT2D eigenvalue weighted by molar-refractivity contribution is 5.99. The lowest BCUT2D eigenvalue weighted by Gasteiger charge is -2.16. The summed E-state index contributed by atoms with van der Waals surface area (Å²) in [6, 6.07) is 23.5. The number of fused-ring (bicyclic) bond motifs is 1. The normalized spacial score (nSPS) is 11.9. The van der Waals surface area contributed by atoms with Crippen LogP contribution in [0, 0.1) is 6.92 Å². The molecule has 144 valence electrons. The van der Waals surface area contributed by atoms with Crippen molar-refractivity contribution in [1.29, 1.82) is 0 Å². The molecule has 4 nitrogen and oxygen atoms in total. The number of hydrogen-bond acceptors (Lipinski definition) is 4. The van der Waals surface area contributed by atoms with Crippen molar-refractivity contribution in [2.45, 2.75) is 20.0 Å². The predicted octanol–water partition coefficient (Wildman–Crippen LogP) is 5.42. The average molecular weight is 384 g/mol. The number of carbonyl (C=O) groups is 1. The summed E-state index contributed by atoms with van der Waals surface area (Å²) in [4.78, 5) is 25.9. The van der Waals surface area contributed by atoms with Crippen molar-refractivity contribution < 1.29 is 13.9 Å². The molecule has 0 aliphatic rings. The number of para-hydroxylation sites is 1. The molecule has 0 radical (unpaired) electrons. The first-order chi connectivity index (χ1) is 14.0. The number of hydrogen-bond donors (Lipinski definition) is 0. The number of aryl methyl sites for hydroxylation is 1. The van der Waals surface area contributed by atoms with Gasteiger partial charge in [0.05, 0.1) is 5.39 Å². The van der Waals surface area contributed by atoms with Gasteiger partial charge in [-0.15, -0.1) is 0 Å². The van der Waals surface area contributed by atoms with Gasteiger partial charge in [0.1, 0.15) is 5.58 Å². The third-order valence-electron chi connectivity index (χ3n) is 4.79.